The van der Waals surface area contributed by atoms with E-state index in [4.69, 9.17) is 9.97 Å². The molecule has 0 aliphatic carbocycles. The van der Waals surface area contributed by atoms with Crippen LogP contribution in [0.5, 0.6) is 0 Å². The van der Waals surface area contributed by atoms with E-state index in [-0.39, 0.29) is 43.3 Å². The first-order chi connectivity index (χ1) is 18.0. The van der Waals surface area contributed by atoms with Gasteiger partial charge in [0.1, 0.15) is 0 Å². The Labute approximate surface area is 248 Å². The molecule has 40 heavy (non-hydrogen) atoms. The van der Waals surface area contributed by atoms with E-state index in [9.17, 15) is 8.78 Å². The first-order valence-electron chi connectivity index (χ1n) is 12.8. The van der Waals surface area contributed by atoms with E-state index in [1.165, 1.54) is 0 Å². The molecule has 0 amide bonds. The Bertz CT molecular complexity index is 1430. The van der Waals surface area contributed by atoms with Gasteiger partial charge >= 0.3 is 21.1 Å². The summed E-state index contributed by atoms with van der Waals surface area (Å²) in [5.41, 5.74) is -0.378. The van der Waals surface area contributed by atoms with Crippen LogP contribution in [0, 0.1) is 35.4 Å². The summed E-state index contributed by atoms with van der Waals surface area (Å²) in [4.78, 5) is 9.44. The molecule has 0 spiro atoms. The molecule has 2 aromatic carbocycles. The number of benzene rings is 2. The summed E-state index contributed by atoms with van der Waals surface area (Å²) in [6.45, 7) is 14.3. The van der Waals surface area contributed by atoms with Crippen LogP contribution in [0.25, 0.3) is 22.5 Å². The van der Waals surface area contributed by atoms with E-state index in [1.807, 2.05) is 13.8 Å². The van der Waals surface area contributed by atoms with Crippen molar-refractivity contribution in [1.82, 2.24) is 9.97 Å². The Morgan fingerprint density at radius 1 is 0.575 bits per heavy atom. The molecular formula is C33H32F4N2Pt. The molecule has 0 radical (unpaired) electrons. The fraction of sp³-hybridized carbons (Fsp3) is 0.333. The maximum absolute atomic E-state index is 15.5. The quantitative estimate of drug-likeness (QED) is 0.155. The molecule has 4 aromatic rings. The number of rotatable bonds is 4. The smallest absolute Gasteiger partial charge is 0.300 e. The van der Waals surface area contributed by atoms with Gasteiger partial charge in [-0.1, -0.05) is 88.1 Å². The van der Waals surface area contributed by atoms with Gasteiger partial charge in [0, 0.05) is 40.1 Å². The van der Waals surface area contributed by atoms with Gasteiger partial charge in [-0.05, 0) is 48.2 Å². The van der Waals surface area contributed by atoms with Crippen molar-refractivity contribution in [1.29, 1.82) is 0 Å². The minimum absolute atomic E-state index is 0. The van der Waals surface area contributed by atoms with E-state index in [2.05, 4.69) is 12.1 Å². The zero-order valence-corrected chi connectivity index (χ0v) is 26.1. The van der Waals surface area contributed by atoms with Gasteiger partial charge in [0.05, 0.1) is 0 Å². The number of halogens is 4. The van der Waals surface area contributed by atoms with Crippen molar-refractivity contribution >= 4 is 0 Å². The minimum Gasteiger partial charge on any atom is -0.300 e. The van der Waals surface area contributed by atoms with Crippen LogP contribution in [0.4, 0.5) is 17.6 Å². The summed E-state index contributed by atoms with van der Waals surface area (Å²) >= 11 is 0. The second-order valence-electron chi connectivity index (χ2n) is 12.3. The standard InChI is InChI=1S/C33H32F4N2.Pt/c1-31(2,3)27-21(34)17-15-19(29(27)36)23-11-9-13-25(38-23)33(7,8)26-14-10-12-24(39-26)20-16-18-22(35)28(30(20)37)32(4,5)6;/h9-14,17-18H,1-8H3;/q-2;+2. The molecule has 0 saturated heterocycles. The fourth-order valence-corrected chi connectivity index (χ4v) is 4.72. The maximum atomic E-state index is 15.5. The third kappa shape index (κ3) is 5.93. The molecule has 2 nitrogen and oxygen atoms in total. The van der Waals surface area contributed by atoms with E-state index < -0.39 is 39.5 Å². The van der Waals surface area contributed by atoms with Gasteiger partial charge in [0.25, 0.3) is 0 Å². The van der Waals surface area contributed by atoms with E-state index in [0.717, 1.165) is 12.1 Å². The molecule has 0 fully saturated rings. The molecule has 2 aromatic heterocycles. The minimum atomic E-state index is -0.779. The van der Waals surface area contributed by atoms with Crippen molar-refractivity contribution in [2.45, 2.75) is 71.6 Å². The summed E-state index contributed by atoms with van der Waals surface area (Å²) in [6.07, 6.45) is 0. The summed E-state index contributed by atoms with van der Waals surface area (Å²) in [5.74, 6) is -2.69. The second-order valence-corrected chi connectivity index (χ2v) is 12.3. The number of hydrogen-bond donors (Lipinski definition) is 0. The van der Waals surface area contributed by atoms with Crippen LogP contribution in [0.3, 0.4) is 0 Å². The molecule has 0 unspecified atom stereocenters. The van der Waals surface area contributed by atoms with E-state index in [1.54, 1.807) is 77.9 Å². The molecule has 7 heteroatoms. The van der Waals surface area contributed by atoms with Crippen LogP contribution in [0.15, 0.2) is 48.5 Å². The number of hydrogen-bond acceptors (Lipinski definition) is 2. The van der Waals surface area contributed by atoms with Gasteiger partial charge in [0.2, 0.25) is 0 Å². The van der Waals surface area contributed by atoms with Gasteiger partial charge in [-0.2, -0.15) is 0 Å². The Morgan fingerprint density at radius 2 is 0.925 bits per heavy atom. The third-order valence-electron chi connectivity index (χ3n) is 6.83. The summed E-state index contributed by atoms with van der Waals surface area (Å²) < 4.78 is 60.0. The van der Waals surface area contributed by atoms with Crippen molar-refractivity contribution in [3.05, 3.63) is 106 Å². The van der Waals surface area contributed by atoms with Crippen LogP contribution in [0.2, 0.25) is 0 Å². The summed E-state index contributed by atoms with van der Waals surface area (Å²) in [5, 5.41) is 0. The van der Waals surface area contributed by atoms with Crippen molar-refractivity contribution in [3.63, 3.8) is 0 Å². The molecule has 0 aliphatic heterocycles. The first-order valence-corrected chi connectivity index (χ1v) is 12.8. The summed E-state index contributed by atoms with van der Waals surface area (Å²) in [6, 6.07) is 18.1. The molecule has 0 saturated carbocycles. The topological polar surface area (TPSA) is 25.8 Å². The number of nitrogens with zero attached hydrogens (tertiary/aromatic N) is 2. The van der Waals surface area contributed by atoms with Crippen LogP contribution in [-0.2, 0) is 37.3 Å². The SMILES string of the molecule is CC(C)(C)c1c(F)c[c-]c(-c2cccc(C(C)(C)c3cccc(-c4[c-]cc(F)c(C(C)(C)C)c4F)n3)n2)c1F.[Pt+2]. The first kappa shape index (κ1) is 31.7. The Kier molecular flexibility index (Phi) is 8.87. The molecule has 0 bridgehead atoms. The maximum Gasteiger partial charge on any atom is 2.00 e. The van der Waals surface area contributed by atoms with Crippen molar-refractivity contribution in [3.8, 4) is 22.5 Å². The zero-order valence-electron chi connectivity index (χ0n) is 23.8. The third-order valence-corrected chi connectivity index (χ3v) is 6.83. The van der Waals surface area contributed by atoms with E-state index in [0.29, 0.717) is 22.8 Å². The van der Waals surface area contributed by atoms with Crippen molar-refractivity contribution in [2.24, 2.45) is 0 Å². The van der Waals surface area contributed by atoms with Crippen molar-refractivity contribution in [2.75, 3.05) is 0 Å². The van der Waals surface area contributed by atoms with Gasteiger partial charge in [-0.3, -0.25) is 17.6 Å². The average Bonchev–Trinajstić information content (AvgIpc) is 2.82. The van der Waals surface area contributed by atoms with Crippen LogP contribution in [-0.4, -0.2) is 9.97 Å². The summed E-state index contributed by atoms with van der Waals surface area (Å²) in [7, 11) is 0. The van der Waals surface area contributed by atoms with Crippen LogP contribution >= 0.6 is 0 Å². The van der Waals surface area contributed by atoms with Gasteiger partial charge < -0.3 is 9.97 Å². The molecule has 212 valence electrons. The Balaban J connectivity index is 0.00000441. The fourth-order valence-electron chi connectivity index (χ4n) is 4.72. The van der Waals surface area contributed by atoms with E-state index >= 15 is 8.78 Å². The molecule has 0 atom stereocenters. The monoisotopic (exact) mass is 727 g/mol. The molecule has 0 aliphatic rings. The van der Waals surface area contributed by atoms with Crippen molar-refractivity contribution < 1.29 is 38.6 Å². The average molecular weight is 728 g/mol. The largest absolute Gasteiger partial charge is 2.00 e. The Hall–Kier alpha value is -2.85. The predicted octanol–water partition coefficient (Wildman–Crippen LogP) is 8.89. The molecular weight excluding hydrogens is 695 g/mol. The van der Waals surface area contributed by atoms with Gasteiger partial charge in [-0.25, -0.2) is 0 Å². The number of pyridine rings is 2. The molecule has 4 rings (SSSR count). The Morgan fingerprint density at radius 3 is 1.25 bits per heavy atom. The second kappa shape index (κ2) is 11.2. The van der Waals surface area contributed by atoms with Crippen LogP contribution < -0.4 is 0 Å². The van der Waals surface area contributed by atoms with Crippen LogP contribution in [0.1, 0.15) is 77.9 Å². The molecule has 2 heterocycles. The van der Waals surface area contributed by atoms with Gasteiger partial charge in [0.15, 0.2) is 0 Å². The predicted molar refractivity (Wildman–Crippen MR) is 146 cm³/mol. The molecule has 0 N–H and O–H groups in total. The van der Waals surface area contributed by atoms with Gasteiger partial charge in [-0.15, -0.1) is 24.3 Å². The zero-order chi connectivity index (χ0) is 28.9. The normalized spacial score (nSPS) is 12.3. The number of aromatic nitrogens is 2.